The maximum absolute atomic E-state index is 13.1. The standard InChI is InChI=1S/C26H26ClN3O3S/c1-17(31)29-22-19-4-2-3-5-20(19)26(24(22)33-16-18-6-11-28-12-7-18)9-13-30(14-10-26)25(32)23-21(27)8-15-34-23/h2-8,11-12,15,22,24H,9-10,13-14,16H2,1H3,(H,29,31)/t22-,24+/m0/s1. The Morgan fingerprint density at radius 2 is 1.91 bits per heavy atom. The summed E-state index contributed by atoms with van der Waals surface area (Å²) in [4.78, 5) is 31.8. The highest BCUT2D eigenvalue weighted by Crippen LogP contribution is 2.52. The summed E-state index contributed by atoms with van der Waals surface area (Å²) >= 11 is 7.61. The number of nitrogens with zero attached hydrogens (tertiary/aromatic N) is 2. The van der Waals surface area contributed by atoms with E-state index in [-0.39, 0.29) is 29.4 Å². The molecule has 0 saturated carbocycles. The maximum Gasteiger partial charge on any atom is 0.265 e. The van der Waals surface area contributed by atoms with Crippen molar-refractivity contribution in [2.75, 3.05) is 13.1 Å². The second-order valence-electron chi connectivity index (χ2n) is 8.90. The summed E-state index contributed by atoms with van der Waals surface area (Å²) in [6.07, 6.45) is 4.75. The van der Waals surface area contributed by atoms with Crippen molar-refractivity contribution in [3.63, 3.8) is 0 Å². The third-order valence-corrected chi connectivity index (χ3v) is 8.30. The van der Waals surface area contributed by atoms with Gasteiger partial charge in [0, 0.05) is 37.8 Å². The summed E-state index contributed by atoms with van der Waals surface area (Å²) in [5.41, 5.74) is 3.03. The van der Waals surface area contributed by atoms with Gasteiger partial charge >= 0.3 is 0 Å². The van der Waals surface area contributed by atoms with Crippen LogP contribution in [0.15, 0.2) is 60.2 Å². The number of halogens is 1. The van der Waals surface area contributed by atoms with Gasteiger partial charge in [0.05, 0.1) is 23.8 Å². The van der Waals surface area contributed by atoms with Crippen molar-refractivity contribution >= 4 is 34.8 Å². The molecule has 1 N–H and O–H groups in total. The van der Waals surface area contributed by atoms with Crippen molar-refractivity contribution in [2.24, 2.45) is 0 Å². The minimum absolute atomic E-state index is 0.0196. The van der Waals surface area contributed by atoms with Crippen LogP contribution in [0.4, 0.5) is 0 Å². The molecule has 176 valence electrons. The van der Waals surface area contributed by atoms with E-state index in [0.717, 1.165) is 24.0 Å². The number of aromatic nitrogens is 1. The third-order valence-electron chi connectivity index (χ3n) is 6.97. The van der Waals surface area contributed by atoms with E-state index in [2.05, 4.69) is 22.4 Å². The number of nitrogens with one attached hydrogen (secondary N) is 1. The molecule has 6 nitrogen and oxygen atoms in total. The van der Waals surface area contributed by atoms with E-state index in [4.69, 9.17) is 16.3 Å². The molecule has 0 bridgehead atoms. The van der Waals surface area contributed by atoms with Gasteiger partial charge in [-0.05, 0) is 53.1 Å². The van der Waals surface area contributed by atoms with Gasteiger partial charge in [-0.1, -0.05) is 35.9 Å². The minimum atomic E-state index is -0.299. The molecule has 1 saturated heterocycles. The number of pyridine rings is 1. The predicted octanol–water partition coefficient (Wildman–Crippen LogP) is 4.75. The van der Waals surface area contributed by atoms with Crippen molar-refractivity contribution in [1.29, 1.82) is 0 Å². The van der Waals surface area contributed by atoms with Gasteiger partial charge in [-0.15, -0.1) is 11.3 Å². The molecule has 3 heterocycles. The molecule has 2 aromatic heterocycles. The number of carbonyl (C=O) groups excluding carboxylic acids is 2. The zero-order valence-corrected chi connectivity index (χ0v) is 20.4. The number of hydrogen-bond acceptors (Lipinski definition) is 5. The number of fused-ring (bicyclic) bond motifs is 2. The third kappa shape index (κ3) is 4.13. The first-order chi connectivity index (χ1) is 16.5. The molecule has 2 aliphatic rings. The Bertz CT molecular complexity index is 1190. The monoisotopic (exact) mass is 495 g/mol. The van der Waals surface area contributed by atoms with E-state index in [1.165, 1.54) is 16.9 Å². The molecular formula is C26H26ClN3O3S. The molecule has 5 rings (SSSR count). The molecule has 0 unspecified atom stereocenters. The van der Waals surface area contributed by atoms with Crippen LogP contribution in [0.3, 0.4) is 0 Å². The second kappa shape index (κ2) is 9.49. The lowest BCUT2D eigenvalue weighted by Gasteiger charge is -2.44. The average Bonchev–Trinajstić information content (AvgIpc) is 3.38. The molecule has 0 radical (unpaired) electrons. The fraction of sp³-hybridized carbons (Fsp3) is 0.346. The van der Waals surface area contributed by atoms with E-state index in [1.807, 2.05) is 34.5 Å². The Morgan fingerprint density at radius 3 is 2.59 bits per heavy atom. The number of hydrogen-bond donors (Lipinski definition) is 1. The van der Waals surface area contributed by atoms with Crippen LogP contribution in [0.25, 0.3) is 0 Å². The molecule has 1 aliphatic heterocycles. The lowest BCUT2D eigenvalue weighted by atomic mass is 9.71. The number of benzene rings is 1. The smallest absolute Gasteiger partial charge is 0.265 e. The van der Waals surface area contributed by atoms with Gasteiger partial charge in [0.2, 0.25) is 5.91 Å². The number of carbonyl (C=O) groups is 2. The van der Waals surface area contributed by atoms with E-state index >= 15 is 0 Å². The quantitative estimate of drug-likeness (QED) is 0.554. The van der Waals surface area contributed by atoms with Crippen LogP contribution in [0, 0.1) is 0 Å². The molecule has 1 aliphatic carbocycles. The van der Waals surface area contributed by atoms with Crippen LogP contribution in [-0.2, 0) is 21.6 Å². The molecule has 1 spiro atoms. The van der Waals surface area contributed by atoms with E-state index < -0.39 is 0 Å². The van der Waals surface area contributed by atoms with Gasteiger partial charge in [0.15, 0.2) is 0 Å². The lowest BCUT2D eigenvalue weighted by Crippen LogP contribution is -2.51. The Labute approximate surface area is 207 Å². The van der Waals surface area contributed by atoms with Crippen LogP contribution >= 0.6 is 22.9 Å². The van der Waals surface area contributed by atoms with Crippen LogP contribution in [-0.4, -0.2) is 40.9 Å². The van der Waals surface area contributed by atoms with Crippen molar-refractivity contribution in [3.05, 3.63) is 86.8 Å². The first-order valence-corrected chi connectivity index (χ1v) is 12.6. The fourth-order valence-electron chi connectivity index (χ4n) is 5.40. The Balaban J connectivity index is 1.45. The number of rotatable bonds is 5. The van der Waals surface area contributed by atoms with E-state index in [9.17, 15) is 9.59 Å². The highest BCUT2D eigenvalue weighted by Gasteiger charge is 2.54. The number of piperidine rings is 1. The second-order valence-corrected chi connectivity index (χ2v) is 10.2. The summed E-state index contributed by atoms with van der Waals surface area (Å²) in [5, 5.41) is 5.49. The first-order valence-electron chi connectivity index (χ1n) is 11.4. The van der Waals surface area contributed by atoms with Crippen molar-refractivity contribution in [1.82, 2.24) is 15.2 Å². The summed E-state index contributed by atoms with van der Waals surface area (Å²) in [7, 11) is 0. The largest absolute Gasteiger partial charge is 0.370 e. The van der Waals surface area contributed by atoms with Gasteiger partial charge in [-0.25, -0.2) is 0 Å². The van der Waals surface area contributed by atoms with Crippen LogP contribution in [0.1, 0.15) is 52.2 Å². The molecule has 3 aromatic rings. The van der Waals surface area contributed by atoms with E-state index in [1.54, 1.807) is 25.4 Å². The fourth-order valence-corrected chi connectivity index (χ4v) is 6.51. The number of ether oxygens (including phenoxy) is 1. The summed E-state index contributed by atoms with van der Waals surface area (Å²) in [5.74, 6) is -0.108. The van der Waals surface area contributed by atoms with Crippen LogP contribution in [0.5, 0.6) is 0 Å². The van der Waals surface area contributed by atoms with Gasteiger partial charge in [0.1, 0.15) is 4.88 Å². The number of amides is 2. The SMILES string of the molecule is CC(=O)N[C@H]1c2ccccc2C2(CCN(C(=O)c3sccc3Cl)CC2)[C@@H]1OCc1ccncc1. The summed E-state index contributed by atoms with van der Waals surface area (Å²) in [6.45, 7) is 3.17. The van der Waals surface area contributed by atoms with Gasteiger partial charge < -0.3 is 15.0 Å². The summed E-state index contributed by atoms with van der Waals surface area (Å²) < 4.78 is 6.60. The van der Waals surface area contributed by atoms with Gasteiger partial charge in [-0.3, -0.25) is 14.6 Å². The topological polar surface area (TPSA) is 71.5 Å². The zero-order valence-electron chi connectivity index (χ0n) is 18.9. The molecule has 2 atom stereocenters. The number of thiophene rings is 1. The molecule has 1 aromatic carbocycles. The molecular weight excluding hydrogens is 470 g/mol. The first kappa shape index (κ1) is 23.0. The molecule has 2 amide bonds. The highest BCUT2D eigenvalue weighted by molar-refractivity contribution is 7.12. The Hall–Kier alpha value is -2.74. The zero-order chi connectivity index (χ0) is 23.7. The van der Waals surface area contributed by atoms with Crippen molar-refractivity contribution in [3.8, 4) is 0 Å². The minimum Gasteiger partial charge on any atom is -0.370 e. The molecule has 1 fully saturated rings. The Morgan fingerprint density at radius 1 is 1.18 bits per heavy atom. The predicted molar refractivity (Wildman–Crippen MR) is 132 cm³/mol. The van der Waals surface area contributed by atoms with Gasteiger partial charge in [0.25, 0.3) is 5.91 Å². The van der Waals surface area contributed by atoms with Crippen molar-refractivity contribution < 1.29 is 14.3 Å². The summed E-state index contributed by atoms with van der Waals surface area (Å²) in [6, 6.07) is 13.7. The molecule has 34 heavy (non-hydrogen) atoms. The maximum atomic E-state index is 13.1. The van der Waals surface area contributed by atoms with Crippen LogP contribution in [0.2, 0.25) is 5.02 Å². The van der Waals surface area contributed by atoms with Gasteiger partial charge in [-0.2, -0.15) is 0 Å². The molecule has 8 heteroatoms. The number of likely N-dealkylation sites (tertiary alicyclic amines) is 1. The highest BCUT2D eigenvalue weighted by atomic mass is 35.5. The lowest BCUT2D eigenvalue weighted by molar-refractivity contribution is -0.122. The van der Waals surface area contributed by atoms with Crippen LogP contribution < -0.4 is 5.32 Å². The normalized spacial score (nSPS) is 20.8. The average molecular weight is 496 g/mol. The van der Waals surface area contributed by atoms with Crippen molar-refractivity contribution in [2.45, 2.75) is 43.9 Å². The Kier molecular flexibility index (Phi) is 6.42. The van der Waals surface area contributed by atoms with E-state index in [0.29, 0.717) is 29.6 Å².